The van der Waals surface area contributed by atoms with Crippen molar-refractivity contribution in [2.24, 2.45) is 0 Å². The van der Waals surface area contributed by atoms with E-state index in [9.17, 15) is 0 Å². The van der Waals surface area contributed by atoms with E-state index in [1.54, 1.807) is 0 Å². The summed E-state index contributed by atoms with van der Waals surface area (Å²) in [5.41, 5.74) is 1.42. The van der Waals surface area contributed by atoms with E-state index in [0.29, 0.717) is 6.17 Å². The van der Waals surface area contributed by atoms with Crippen molar-refractivity contribution in [1.29, 1.82) is 0 Å². The molecule has 0 amide bonds. The van der Waals surface area contributed by atoms with Crippen LogP contribution >= 0.6 is 0 Å². The lowest BCUT2D eigenvalue weighted by Gasteiger charge is -2.33. The van der Waals surface area contributed by atoms with Gasteiger partial charge in [0.25, 0.3) is 0 Å². The second-order valence-corrected chi connectivity index (χ2v) is 9.91. The van der Waals surface area contributed by atoms with Gasteiger partial charge in [0, 0.05) is 25.5 Å². The Bertz CT molecular complexity index is 567. The van der Waals surface area contributed by atoms with Crippen molar-refractivity contribution in [3.8, 4) is 0 Å². The predicted molar refractivity (Wildman–Crippen MR) is 141 cm³/mol. The van der Waals surface area contributed by atoms with Crippen LogP contribution in [0.2, 0.25) is 0 Å². The summed E-state index contributed by atoms with van der Waals surface area (Å²) in [6, 6.07) is 11.0. The Morgan fingerprint density at radius 3 is 1.66 bits per heavy atom. The van der Waals surface area contributed by atoms with E-state index < -0.39 is 0 Å². The first-order chi connectivity index (χ1) is 15.8. The van der Waals surface area contributed by atoms with E-state index in [-0.39, 0.29) is 0 Å². The molecule has 0 saturated heterocycles. The summed E-state index contributed by atoms with van der Waals surface area (Å²) in [4.78, 5) is 5.21. The van der Waals surface area contributed by atoms with Crippen molar-refractivity contribution in [1.82, 2.24) is 9.80 Å². The zero-order valence-corrected chi connectivity index (χ0v) is 21.4. The van der Waals surface area contributed by atoms with Crippen molar-refractivity contribution in [2.75, 3.05) is 6.54 Å². The third-order valence-electron chi connectivity index (χ3n) is 7.01. The third-order valence-corrected chi connectivity index (χ3v) is 7.01. The molecule has 1 atom stereocenters. The Balaban J connectivity index is 1.65. The van der Waals surface area contributed by atoms with Crippen LogP contribution in [0.4, 0.5) is 0 Å². The molecule has 0 aliphatic carbocycles. The maximum Gasteiger partial charge on any atom is 0.101 e. The minimum Gasteiger partial charge on any atom is -0.356 e. The van der Waals surface area contributed by atoms with Crippen LogP contribution in [-0.2, 0) is 6.54 Å². The van der Waals surface area contributed by atoms with Gasteiger partial charge in [0.05, 0.1) is 0 Å². The fourth-order valence-electron chi connectivity index (χ4n) is 4.96. The summed E-state index contributed by atoms with van der Waals surface area (Å²) in [6.45, 7) is 6.86. The smallest absolute Gasteiger partial charge is 0.101 e. The van der Waals surface area contributed by atoms with E-state index in [4.69, 9.17) is 0 Å². The van der Waals surface area contributed by atoms with Gasteiger partial charge < -0.3 is 9.80 Å². The lowest BCUT2D eigenvalue weighted by Crippen LogP contribution is -2.38. The minimum atomic E-state index is 0.556. The van der Waals surface area contributed by atoms with Crippen LogP contribution in [0.3, 0.4) is 0 Å². The van der Waals surface area contributed by atoms with Crippen LogP contribution in [0, 0.1) is 0 Å². The van der Waals surface area contributed by atoms with Crippen LogP contribution in [0.5, 0.6) is 0 Å². The van der Waals surface area contributed by atoms with Crippen LogP contribution in [0.25, 0.3) is 0 Å². The summed E-state index contributed by atoms with van der Waals surface area (Å²) in [6.07, 6.45) is 29.0. The molecule has 2 nitrogen and oxygen atoms in total. The highest BCUT2D eigenvalue weighted by atomic mass is 15.4. The first kappa shape index (κ1) is 26.8. The maximum absolute atomic E-state index is 2.64. The van der Waals surface area contributed by atoms with Crippen LogP contribution in [-0.4, -0.2) is 22.5 Å². The monoisotopic (exact) mass is 440 g/mol. The number of unbranched alkanes of at least 4 members (excludes halogenated alkanes) is 14. The van der Waals surface area contributed by atoms with Gasteiger partial charge in [-0.1, -0.05) is 134 Å². The molecule has 1 aromatic carbocycles. The average molecular weight is 441 g/mol. The Labute approximate surface area is 200 Å². The van der Waals surface area contributed by atoms with Crippen molar-refractivity contribution < 1.29 is 0 Å². The first-order valence-electron chi connectivity index (χ1n) is 14.1. The molecule has 182 valence electrons. The van der Waals surface area contributed by atoms with Gasteiger partial charge in [-0.25, -0.2) is 0 Å². The number of rotatable bonds is 20. The lowest BCUT2D eigenvalue weighted by molar-refractivity contribution is 0.132. The predicted octanol–water partition coefficient (Wildman–Crippen LogP) is 9.27. The Kier molecular flexibility index (Phi) is 15.1. The summed E-state index contributed by atoms with van der Waals surface area (Å²) >= 11 is 0. The van der Waals surface area contributed by atoms with Gasteiger partial charge in [0.15, 0.2) is 0 Å². The van der Waals surface area contributed by atoms with Gasteiger partial charge >= 0.3 is 0 Å². The second-order valence-electron chi connectivity index (χ2n) is 9.91. The van der Waals surface area contributed by atoms with Crippen molar-refractivity contribution >= 4 is 0 Å². The zero-order valence-electron chi connectivity index (χ0n) is 21.4. The van der Waals surface area contributed by atoms with Gasteiger partial charge in [-0.05, 0) is 24.8 Å². The summed E-state index contributed by atoms with van der Waals surface area (Å²) < 4.78 is 0. The number of hydrogen-bond acceptors (Lipinski definition) is 2. The molecule has 1 aromatic rings. The van der Waals surface area contributed by atoms with Gasteiger partial charge in [0.2, 0.25) is 0 Å². The highest BCUT2D eigenvalue weighted by Gasteiger charge is 2.25. The molecule has 1 aliphatic heterocycles. The molecule has 1 heterocycles. The minimum absolute atomic E-state index is 0.556. The maximum atomic E-state index is 2.64. The molecular formula is C30H52N2. The zero-order chi connectivity index (χ0) is 22.7. The molecule has 1 unspecified atom stereocenters. The Morgan fingerprint density at radius 1 is 0.562 bits per heavy atom. The standard InChI is InChI=1S/C30H52N2/c1-3-5-7-9-10-11-12-13-14-16-21-25-31-26-27-32(28-29-22-18-17-19-23-29)30(31)24-20-15-8-6-4-2/h17-19,22-23,26-27,30H,3-16,20-21,24-25,28H2,1-2H3. The van der Waals surface area contributed by atoms with Crippen molar-refractivity contribution in [3.63, 3.8) is 0 Å². The highest BCUT2D eigenvalue weighted by Crippen LogP contribution is 2.24. The first-order valence-corrected chi connectivity index (χ1v) is 14.1. The van der Waals surface area contributed by atoms with Gasteiger partial charge in [-0.15, -0.1) is 0 Å². The van der Waals surface area contributed by atoms with E-state index >= 15 is 0 Å². The Morgan fingerprint density at radius 2 is 1.06 bits per heavy atom. The van der Waals surface area contributed by atoms with Crippen molar-refractivity contribution in [3.05, 3.63) is 48.3 Å². The van der Waals surface area contributed by atoms with Gasteiger partial charge in [0.1, 0.15) is 6.17 Å². The number of nitrogens with zero attached hydrogens (tertiary/aromatic N) is 2. The molecule has 0 bridgehead atoms. The molecule has 0 fully saturated rings. The van der Waals surface area contributed by atoms with E-state index in [0.717, 1.165) is 6.54 Å². The molecule has 32 heavy (non-hydrogen) atoms. The molecule has 0 aromatic heterocycles. The Hall–Kier alpha value is -1.44. The van der Waals surface area contributed by atoms with Gasteiger partial charge in [-0.3, -0.25) is 0 Å². The van der Waals surface area contributed by atoms with Crippen LogP contribution in [0.15, 0.2) is 42.7 Å². The molecule has 0 saturated carbocycles. The lowest BCUT2D eigenvalue weighted by atomic mass is 10.1. The van der Waals surface area contributed by atoms with Crippen LogP contribution in [0.1, 0.15) is 129 Å². The van der Waals surface area contributed by atoms with Gasteiger partial charge in [-0.2, -0.15) is 0 Å². The van der Waals surface area contributed by atoms with Crippen LogP contribution < -0.4 is 0 Å². The van der Waals surface area contributed by atoms with E-state index in [1.165, 1.54) is 121 Å². The highest BCUT2D eigenvalue weighted by molar-refractivity contribution is 5.15. The summed E-state index contributed by atoms with van der Waals surface area (Å²) in [7, 11) is 0. The fourth-order valence-corrected chi connectivity index (χ4v) is 4.96. The molecule has 0 radical (unpaired) electrons. The number of benzene rings is 1. The fraction of sp³-hybridized carbons (Fsp3) is 0.733. The molecule has 1 aliphatic rings. The largest absolute Gasteiger partial charge is 0.356 e. The summed E-state index contributed by atoms with van der Waals surface area (Å²) in [5.74, 6) is 0. The molecular weight excluding hydrogens is 388 g/mol. The van der Waals surface area contributed by atoms with Crippen molar-refractivity contribution in [2.45, 2.75) is 136 Å². The van der Waals surface area contributed by atoms with E-state index in [1.807, 2.05) is 0 Å². The third kappa shape index (κ3) is 11.4. The molecule has 2 rings (SSSR count). The normalized spacial score (nSPS) is 15.8. The van der Waals surface area contributed by atoms with E-state index in [2.05, 4.69) is 66.4 Å². The molecule has 0 N–H and O–H groups in total. The molecule has 2 heteroatoms. The SMILES string of the molecule is CCCCCCCCCCCCCN1C=CN(Cc2ccccc2)C1CCCCCCC. The number of hydrogen-bond donors (Lipinski definition) is 0. The summed E-state index contributed by atoms with van der Waals surface area (Å²) in [5, 5.41) is 0. The average Bonchev–Trinajstić information content (AvgIpc) is 3.19. The molecule has 0 spiro atoms. The quantitative estimate of drug-likeness (QED) is 0.186. The second kappa shape index (κ2) is 18.0. The topological polar surface area (TPSA) is 6.48 Å².